The zero-order valence-corrected chi connectivity index (χ0v) is 12.5. The lowest BCUT2D eigenvalue weighted by Gasteiger charge is -2.00. The molecule has 0 aliphatic carbocycles. The Bertz CT molecular complexity index is 876. The number of carbonyl (C=O) groups is 1. The number of ether oxygens (including phenoxy) is 3. The SMILES string of the molecule is O=C(OCc1nc(-c2ccc3c(c2)OCO3)no1)c1ccccc1. The largest absolute Gasteiger partial charge is 0.454 e. The predicted octanol–water partition coefficient (Wildman–Crippen LogP) is 2.82. The standard InChI is InChI=1S/C17H12N2O5/c20-17(11-4-2-1-3-5-11)21-9-15-18-16(19-24-15)12-6-7-13-14(8-12)23-10-22-13/h1-8H,9-10H2. The van der Waals surface area contributed by atoms with Crippen LogP contribution in [0.15, 0.2) is 53.1 Å². The lowest BCUT2D eigenvalue weighted by Crippen LogP contribution is -2.05. The number of nitrogens with zero attached hydrogens (tertiary/aromatic N) is 2. The molecule has 3 aromatic rings. The van der Waals surface area contributed by atoms with Gasteiger partial charge in [0.05, 0.1) is 5.56 Å². The van der Waals surface area contributed by atoms with Crippen molar-refractivity contribution in [1.82, 2.24) is 10.1 Å². The van der Waals surface area contributed by atoms with E-state index in [9.17, 15) is 4.79 Å². The summed E-state index contributed by atoms with van der Waals surface area (Å²) in [4.78, 5) is 16.1. The number of hydrogen-bond donors (Lipinski definition) is 0. The van der Waals surface area contributed by atoms with Crippen molar-refractivity contribution in [1.29, 1.82) is 0 Å². The van der Waals surface area contributed by atoms with E-state index in [1.54, 1.807) is 42.5 Å². The van der Waals surface area contributed by atoms with Gasteiger partial charge in [-0.1, -0.05) is 23.4 Å². The van der Waals surface area contributed by atoms with Gasteiger partial charge < -0.3 is 18.7 Å². The summed E-state index contributed by atoms with van der Waals surface area (Å²) < 4.78 is 20.8. The minimum absolute atomic E-state index is 0.0920. The Labute approximate surface area is 136 Å². The van der Waals surface area contributed by atoms with E-state index in [2.05, 4.69) is 10.1 Å². The summed E-state index contributed by atoms with van der Waals surface area (Å²) in [5.74, 6) is 1.47. The molecule has 0 amide bonds. The Hall–Kier alpha value is -3.35. The fraction of sp³-hybridized carbons (Fsp3) is 0.118. The van der Waals surface area contributed by atoms with E-state index < -0.39 is 5.97 Å². The van der Waals surface area contributed by atoms with E-state index in [0.717, 1.165) is 5.56 Å². The molecule has 0 unspecified atom stereocenters. The van der Waals surface area contributed by atoms with Crippen molar-refractivity contribution in [2.24, 2.45) is 0 Å². The van der Waals surface area contributed by atoms with Gasteiger partial charge in [0.2, 0.25) is 12.6 Å². The van der Waals surface area contributed by atoms with Gasteiger partial charge >= 0.3 is 5.97 Å². The average Bonchev–Trinajstić information content (AvgIpc) is 3.29. The highest BCUT2D eigenvalue weighted by Gasteiger charge is 2.17. The van der Waals surface area contributed by atoms with Crippen LogP contribution in [0.3, 0.4) is 0 Å². The summed E-state index contributed by atoms with van der Waals surface area (Å²) in [6.07, 6.45) is 0. The average molecular weight is 324 g/mol. The topological polar surface area (TPSA) is 83.7 Å². The number of carbonyl (C=O) groups excluding carboxylic acids is 1. The van der Waals surface area contributed by atoms with E-state index in [1.165, 1.54) is 0 Å². The first-order valence-electron chi connectivity index (χ1n) is 7.24. The Kier molecular flexibility index (Phi) is 3.59. The maximum absolute atomic E-state index is 11.9. The van der Waals surface area contributed by atoms with E-state index in [4.69, 9.17) is 18.7 Å². The molecule has 1 aliphatic heterocycles. The van der Waals surface area contributed by atoms with Gasteiger partial charge in [0, 0.05) is 5.56 Å². The first-order valence-corrected chi connectivity index (χ1v) is 7.24. The van der Waals surface area contributed by atoms with Gasteiger partial charge in [-0.05, 0) is 30.3 Å². The number of fused-ring (bicyclic) bond motifs is 1. The lowest BCUT2D eigenvalue weighted by molar-refractivity contribution is 0.0430. The van der Waals surface area contributed by atoms with Crippen molar-refractivity contribution in [3.05, 3.63) is 60.0 Å². The molecule has 0 saturated heterocycles. The minimum atomic E-state index is -0.446. The zero-order chi connectivity index (χ0) is 16.4. The third-order valence-corrected chi connectivity index (χ3v) is 3.44. The Morgan fingerprint density at radius 2 is 1.92 bits per heavy atom. The normalized spacial score (nSPS) is 12.2. The third kappa shape index (κ3) is 2.79. The van der Waals surface area contributed by atoms with Crippen molar-refractivity contribution in [2.75, 3.05) is 6.79 Å². The van der Waals surface area contributed by atoms with Crippen LogP contribution >= 0.6 is 0 Å². The van der Waals surface area contributed by atoms with Crippen molar-refractivity contribution in [2.45, 2.75) is 6.61 Å². The van der Waals surface area contributed by atoms with Gasteiger partial charge in [0.25, 0.3) is 5.89 Å². The second-order valence-electron chi connectivity index (χ2n) is 5.02. The van der Waals surface area contributed by atoms with Gasteiger partial charge in [0.15, 0.2) is 18.1 Å². The van der Waals surface area contributed by atoms with E-state index in [1.807, 2.05) is 6.07 Å². The quantitative estimate of drug-likeness (QED) is 0.682. The maximum Gasteiger partial charge on any atom is 0.338 e. The Morgan fingerprint density at radius 1 is 1.08 bits per heavy atom. The van der Waals surface area contributed by atoms with Crippen LogP contribution in [-0.2, 0) is 11.3 Å². The molecule has 7 heteroatoms. The van der Waals surface area contributed by atoms with Crippen LogP contribution in [-0.4, -0.2) is 22.9 Å². The highest BCUT2D eigenvalue weighted by Crippen LogP contribution is 2.35. The van der Waals surface area contributed by atoms with Crippen molar-refractivity contribution in [3.8, 4) is 22.9 Å². The first kappa shape index (κ1) is 14.3. The van der Waals surface area contributed by atoms with E-state index in [0.29, 0.717) is 22.9 Å². The lowest BCUT2D eigenvalue weighted by atomic mass is 10.2. The molecule has 0 saturated carbocycles. The van der Waals surface area contributed by atoms with Gasteiger partial charge in [-0.25, -0.2) is 4.79 Å². The number of esters is 1. The van der Waals surface area contributed by atoms with Crippen LogP contribution in [0.2, 0.25) is 0 Å². The molecule has 0 N–H and O–H groups in total. The van der Waals surface area contributed by atoms with Crippen molar-refractivity contribution >= 4 is 5.97 Å². The second kappa shape index (κ2) is 6.04. The third-order valence-electron chi connectivity index (χ3n) is 3.44. The molecule has 4 rings (SSSR count). The fourth-order valence-corrected chi connectivity index (χ4v) is 2.25. The zero-order valence-electron chi connectivity index (χ0n) is 12.5. The molecule has 0 fully saturated rings. The molecule has 0 atom stereocenters. The number of hydrogen-bond acceptors (Lipinski definition) is 7. The molecule has 7 nitrogen and oxygen atoms in total. The molecule has 1 aliphatic rings. The highest BCUT2D eigenvalue weighted by molar-refractivity contribution is 5.89. The Balaban J connectivity index is 1.44. The van der Waals surface area contributed by atoms with Crippen LogP contribution in [0.5, 0.6) is 11.5 Å². The molecule has 2 aromatic carbocycles. The Morgan fingerprint density at radius 3 is 2.79 bits per heavy atom. The fourth-order valence-electron chi connectivity index (χ4n) is 2.25. The van der Waals surface area contributed by atoms with Gasteiger partial charge in [-0.2, -0.15) is 4.98 Å². The smallest absolute Gasteiger partial charge is 0.338 e. The van der Waals surface area contributed by atoms with Crippen LogP contribution < -0.4 is 9.47 Å². The summed E-state index contributed by atoms with van der Waals surface area (Å²) in [7, 11) is 0. The summed E-state index contributed by atoms with van der Waals surface area (Å²) in [5.41, 5.74) is 1.19. The number of rotatable bonds is 4. The molecule has 0 spiro atoms. The predicted molar refractivity (Wildman–Crippen MR) is 81.4 cm³/mol. The molecular weight excluding hydrogens is 312 g/mol. The molecular formula is C17H12N2O5. The minimum Gasteiger partial charge on any atom is -0.454 e. The van der Waals surface area contributed by atoms with E-state index in [-0.39, 0.29) is 19.3 Å². The highest BCUT2D eigenvalue weighted by atomic mass is 16.7. The van der Waals surface area contributed by atoms with Crippen LogP contribution in [0, 0.1) is 0 Å². The van der Waals surface area contributed by atoms with Crippen LogP contribution in [0.25, 0.3) is 11.4 Å². The summed E-state index contributed by atoms with van der Waals surface area (Å²) in [6.45, 7) is 0.108. The monoisotopic (exact) mass is 324 g/mol. The molecule has 1 aromatic heterocycles. The molecule has 2 heterocycles. The van der Waals surface area contributed by atoms with Crippen molar-refractivity contribution in [3.63, 3.8) is 0 Å². The van der Waals surface area contributed by atoms with Crippen molar-refractivity contribution < 1.29 is 23.5 Å². The van der Waals surface area contributed by atoms with Crippen LogP contribution in [0.4, 0.5) is 0 Å². The first-order chi connectivity index (χ1) is 11.8. The van der Waals surface area contributed by atoms with E-state index >= 15 is 0 Å². The van der Waals surface area contributed by atoms with Gasteiger partial charge in [0.1, 0.15) is 0 Å². The van der Waals surface area contributed by atoms with Gasteiger partial charge in [-0.3, -0.25) is 0 Å². The molecule has 24 heavy (non-hydrogen) atoms. The summed E-state index contributed by atoms with van der Waals surface area (Å²) in [5, 5.41) is 3.89. The van der Waals surface area contributed by atoms with Crippen LogP contribution in [0.1, 0.15) is 16.2 Å². The molecule has 0 radical (unpaired) electrons. The number of aromatic nitrogens is 2. The number of benzene rings is 2. The second-order valence-corrected chi connectivity index (χ2v) is 5.02. The van der Waals surface area contributed by atoms with Gasteiger partial charge in [-0.15, -0.1) is 0 Å². The summed E-state index contributed by atoms with van der Waals surface area (Å²) >= 11 is 0. The molecule has 120 valence electrons. The maximum atomic E-state index is 11.9. The molecule has 0 bridgehead atoms. The summed E-state index contributed by atoms with van der Waals surface area (Å²) in [6, 6.07) is 14.1.